The Morgan fingerprint density at radius 1 is 1.07 bits per heavy atom. The fourth-order valence-corrected chi connectivity index (χ4v) is 2.82. The molecule has 1 heterocycles. The zero-order chi connectivity index (χ0) is 19.6. The number of aryl methyl sites for hydroxylation is 2. The van der Waals surface area contributed by atoms with E-state index in [0.29, 0.717) is 28.0 Å². The number of hydrogen-bond acceptors (Lipinski definition) is 6. The molecule has 0 atom stereocenters. The highest BCUT2D eigenvalue weighted by Crippen LogP contribution is 2.28. The Bertz CT molecular complexity index is 1020. The molecule has 0 aliphatic carbocycles. The van der Waals surface area contributed by atoms with E-state index in [1.54, 1.807) is 31.3 Å². The van der Waals surface area contributed by atoms with Crippen molar-refractivity contribution in [3.63, 3.8) is 0 Å². The van der Waals surface area contributed by atoms with Crippen LogP contribution in [0.15, 0.2) is 42.5 Å². The van der Waals surface area contributed by atoms with Gasteiger partial charge in [0.05, 0.1) is 0 Å². The molecule has 2 aromatic carbocycles. The number of nitrogens with zero attached hydrogens (tertiary/aromatic N) is 2. The zero-order valence-electron chi connectivity index (χ0n) is 15.3. The molecule has 4 N–H and O–H groups in total. The summed E-state index contributed by atoms with van der Waals surface area (Å²) in [4.78, 5) is 21.7. The van der Waals surface area contributed by atoms with E-state index in [9.17, 15) is 4.79 Å². The van der Waals surface area contributed by atoms with Crippen LogP contribution in [0.1, 0.15) is 27.0 Å². The van der Waals surface area contributed by atoms with Gasteiger partial charge in [-0.15, -0.1) is 0 Å². The number of nitrogen functional groups attached to an aromatic ring is 1. The van der Waals surface area contributed by atoms with Crippen LogP contribution in [0.4, 0.5) is 23.3 Å². The van der Waals surface area contributed by atoms with E-state index in [0.717, 1.165) is 11.1 Å². The van der Waals surface area contributed by atoms with Crippen molar-refractivity contribution in [2.45, 2.75) is 13.8 Å². The van der Waals surface area contributed by atoms with Crippen molar-refractivity contribution in [2.24, 2.45) is 0 Å². The molecular weight excluding hydrogens is 362 g/mol. The molecule has 0 amide bonds. The molecule has 27 heavy (non-hydrogen) atoms. The maximum Gasteiger partial charge on any atom is 0.226 e. The molecule has 0 aliphatic rings. The molecule has 0 radical (unpaired) electrons. The summed E-state index contributed by atoms with van der Waals surface area (Å²) in [5.41, 5.74) is 9.68. The van der Waals surface area contributed by atoms with Gasteiger partial charge in [0.15, 0.2) is 0 Å². The van der Waals surface area contributed by atoms with Crippen molar-refractivity contribution in [3.05, 3.63) is 69.7 Å². The van der Waals surface area contributed by atoms with Crippen LogP contribution in [0.25, 0.3) is 0 Å². The van der Waals surface area contributed by atoms with E-state index < -0.39 is 0 Å². The number of nitrogens with two attached hydrogens (primary N) is 1. The Balaban J connectivity index is 2.10. The van der Waals surface area contributed by atoms with Crippen LogP contribution >= 0.6 is 11.6 Å². The number of carbonyl (C=O) groups excluding carboxylic acids is 1. The van der Waals surface area contributed by atoms with Crippen molar-refractivity contribution in [1.29, 1.82) is 0 Å². The molecule has 0 spiro atoms. The predicted octanol–water partition coefficient (Wildman–Crippen LogP) is 4.35. The Hall–Kier alpha value is -3.12. The second-order valence-electron chi connectivity index (χ2n) is 6.17. The van der Waals surface area contributed by atoms with E-state index in [1.807, 2.05) is 32.0 Å². The topological polar surface area (TPSA) is 92.9 Å². The standard InChI is InChI=1S/C20H20ClN5O/c1-11-7-8-13(9-12(11)2)17(27)16-18(22)25-20(23-3)26-19(16)24-15-6-4-5-14(21)10-15/h4-10H,1-3H3,(H4,22,23,24,25,26). The molecule has 0 bridgehead atoms. The lowest BCUT2D eigenvalue weighted by molar-refractivity contribution is 0.104. The molecule has 1 aromatic heterocycles. The third kappa shape index (κ3) is 4.01. The molecule has 0 fully saturated rings. The molecule has 0 saturated carbocycles. The van der Waals surface area contributed by atoms with E-state index >= 15 is 0 Å². The molecular formula is C20H20ClN5O. The van der Waals surface area contributed by atoms with Crippen LogP contribution < -0.4 is 16.4 Å². The van der Waals surface area contributed by atoms with Crippen molar-refractivity contribution in [2.75, 3.05) is 23.4 Å². The average Bonchev–Trinajstić information content (AvgIpc) is 2.63. The van der Waals surface area contributed by atoms with Gasteiger partial charge in [0.25, 0.3) is 0 Å². The first-order valence-corrected chi connectivity index (χ1v) is 8.76. The maximum absolute atomic E-state index is 13.2. The van der Waals surface area contributed by atoms with Gasteiger partial charge in [-0.05, 0) is 49.2 Å². The third-order valence-corrected chi connectivity index (χ3v) is 4.48. The number of anilines is 4. The number of carbonyl (C=O) groups is 1. The number of nitrogens with one attached hydrogen (secondary N) is 2. The zero-order valence-corrected chi connectivity index (χ0v) is 16.1. The van der Waals surface area contributed by atoms with Gasteiger partial charge < -0.3 is 16.4 Å². The van der Waals surface area contributed by atoms with E-state index in [1.165, 1.54) is 0 Å². The van der Waals surface area contributed by atoms with E-state index in [-0.39, 0.29) is 17.2 Å². The minimum absolute atomic E-state index is 0.0992. The molecule has 0 unspecified atom stereocenters. The number of ketones is 1. The lowest BCUT2D eigenvalue weighted by atomic mass is 9.99. The van der Waals surface area contributed by atoms with Crippen LogP contribution in [-0.4, -0.2) is 22.8 Å². The first kappa shape index (κ1) is 18.7. The molecule has 3 rings (SSSR count). The number of aromatic nitrogens is 2. The van der Waals surface area contributed by atoms with Crippen LogP contribution in [0.2, 0.25) is 5.02 Å². The van der Waals surface area contributed by atoms with Gasteiger partial charge in [-0.1, -0.05) is 29.8 Å². The Kier molecular flexibility index (Phi) is 5.28. The number of hydrogen-bond donors (Lipinski definition) is 3. The molecule has 138 valence electrons. The summed E-state index contributed by atoms with van der Waals surface area (Å²) >= 11 is 6.05. The highest BCUT2D eigenvalue weighted by atomic mass is 35.5. The van der Waals surface area contributed by atoms with Gasteiger partial charge in [0, 0.05) is 23.3 Å². The fraction of sp³-hybridized carbons (Fsp3) is 0.150. The highest BCUT2D eigenvalue weighted by molar-refractivity contribution is 6.30. The van der Waals surface area contributed by atoms with Gasteiger partial charge in [0.2, 0.25) is 11.7 Å². The third-order valence-electron chi connectivity index (χ3n) is 4.24. The largest absolute Gasteiger partial charge is 0.383 e. The minimum atomic E-state index is -0.247. The molecule has 0 aliphatic heterocycles. The summed E-state index contributed by atoms with van der Waals surface area (Å²) in [5.74, 6) is 0.482. The summed E-state index contributed by atoms with van der Waals surface area (Å²) in [6, 6.07) is 12.7. The van der Waals surface area contributed by atoms with Gasteiger partial charge in [-0.3, -0.25) is 4.79 Å². The van der Waals surface area contributed by atoms with Gasteiger partial charge >= 0.3 is 0 Å². The Morgan fingerprint density at radius 2 is 1.85 bits per heavy atom. The molecule has 3 aromatic rings. The fourth-order valence-electron chi connectivity index (χ4n) is 2.63. The predicted molar refractivity (Wildman–Crippen MR) is 110 cm³/mol. The normalized spacial score (nSPS) is 10.5. The van der Waals surface area contributed by atoms with Gasteiger partial charge in [-0.25, -0.2) is 0 Å². The summed E-state index contributed by atoms with van der Waals surface area (Å²) in [7, 11) is 1.68. The lowest BCUT2D eigenvalue weighted by Gasteiger charge is -2.14. The van der Waals surface area contributed by atoms with Crippen molar-refractivity contribution in [1.82, 2.24) is 9.97 Å². The molecule has 7 heteroatoms. The second kappa shape index (κ2) is 7.63. The van der Waals surface area contributed by atoms with Crippen LogP contribution in [0, 0.1) is 13.8 Å². The SMILES string of the molecule is CNc1nc(N)c(C(=O)c2ccc(C)c(C)c2)c(Nc2cccc(Cl)c2)n1. The summed E-state index contributed by atoms with van der Waals surface area (Å²) in [5, 5.41) is 6.54. The number of halogens is 1. The molecule has 6 nitrogen and oxygen atoms in total. The first-order chi connectivity index (χ1) is 12.9. The Labute approximate surface area is 162 Å². The van der Waals surface area contributed by atoms with Gasteiger partial charge in [-0.2, -0.15) is 9.97 Å². The first-order valence-electron chi connectivity index (χ1n) is 8.39. The van der Waals surface area contributed by atoms with Crippen LogP contribution in [-0.2, 0) is 0 Å². The maximum atomic E-state index is 13.2. The number of benzene rings is 2. The monoisotopic (exact) mass is 381 g/mol. The highest BCUT2D eigenvalue weighted by Gasteiger charge is 2.21. The summed E-state index contributed by atoms with van der Waals surface area (Å²) < 4.78 is 0. The van der Waals surface area contributed by atoms with Crippen LogP contribution in [0.5, 0.6) is 0 Å². The molecule has 0 saturated heterocycles. The van der Waals surface area contributed by atoms with Crippen LogP contribution in [0.3, 0.4) is 0 Å². The van der Waals surface area contributed by atoms with E-state index in [2.05, 4.69) is 20.6 Å². The average molecular weight is 382 g/mol. The Morgan fingerprint density at radius 3 is 2.52 bits per heavy atom. The smallest absolute Gasteiger partial charge is 0.226 e. The van der Waals surface area contributed by atoms with E-state index in [4.69, 9.17) is 17.3 Å². The van der Waals surface area contributed by atoms with Crippen molar-refractivity contribution < 1.29 is 4.79 Å². The minimum Gasteiger partial charge on any atom is -0.383 e. The lowest BCUT2D eigenvalue weighted by Crippen LogP contribution is -2.14. The second-order valence-corrected chi connectivity index (χ2v) is 6.61. The van der Waals surface area contributed by atoms with Crippen molar-refractivity contribution >= 4 is 40.7 Å². The number of rotatable bonds is 5. The summed E-state index contributed by atoms with van der Waals surface area (Å²) in [6.45, 7) is 3.95. The van der Waals surface area contributed by atoms with Gasteiger partial charge in [0.1, 0.15) is 17.2 Å². The summed E-state index contributed by atoms with van der Waals surface area (Å²) in [6.07, 6.45) is 0. The quantitative estimate of drug-likeness (QED) is 0.569. The van der Waals surface area contributed by atoms with Crippen molar-refractivity contribution in [3.8, 4) is 0 Å².